The Morgan fingerprint density at radius 3 is 2.44 bits per heavy atom. The summed E-state index contributed by atoms with van der Waals surface area (Å²) in [5.74, 6) is 0.352. The van der Waals surface area contributed by atoms with Gasteiger partial charge >= 0.3 is 8.56 Å². The van der Waals surface area contributed by atoms with Crippen molar-refractivity contribution in [1.29, 1.82) is 0 Å². The van der Waals surface area contributed by atoms with Gasteiger partial charge < -0.3 is 27.8 Å². The highest BCUT2D eigenvalue weighted by atomic mass is 28.4. The van der Waals surface area contributed by atoms with Crippen LogP contribution in [0, 0.1) is 5.92 Å². The van der Waals surface area contributed by atoms with Crippen LogP contribution in [0.5, 0.6) is 0 Å². The van der Waals surface area contributed by atoms with E-state index in [1.165, 1.54) is 0 Å². The summed E-state index contributed by atoms with van der Waals surface area (Å²) in [5.41, 5.74) is 0. The smallest absolute Gasteiger partial charge is 0.373 e. The highest BCUT2D eigenvalue weighted by Gasteiger charge is 2.66. The van der Waals surface area contributed by atoms with Gasteiger partial charge in [-0.3, -0.25) is 0 Å². The van der Waals surface area contributed by atoms with Crippen molar-refractivity contribution in [3.8, 4) is 0 Å². The zero-order valence-corrected chi connectivity index (χ0v) is 19.0. The third kappa shape index (κ3) is 5.13. The summed E-state index contributed by atoms with van der Waals surface area (Å²) in [5, 5.41) is -0.488. The molecule has 0 N–H and O–H groups in total. The van der Waals surface area contributed by atoms with Crippen LogP contribution < -0.4 is 0 Å². The molecule has 6 nitrogen and oxygen atoms in total. The van der Waals surface area contributed by atoms with Crippen molar-refractivity contribution in [2.75, 3.05) is 47.8 Å². The molecule has 0 amide bonds. The predicted molar refractivity (Wildman–Crippen MR) is 107 cm³/mol. The Morgan fingerprint density at radius 2 is 1.89 bits per heavy atom. The van der Waals surface area contributed by atoms with Gasteiger partial charge in [-0.2, -0.15) is 0 Å². The molecular weight excluding hydrogens is 364 g/mol. The number of methoxy groups -OCH3 is 1. The Kier molecular flexibility index (Phi) is 9.68. The van der Waals surface area contributed by atoms with Crippen LogP contribution in [0.25, 0.3) is 0 Å². The summed E-state index contributed by atoms with van der Waals surface area (Å²) < 4.78 is 36.0. The van der Waals surface area contributed by atoms with Crippen molar-refractivity contribution >= 4 is 8.56 Å². The lowest BCUT2D eigenvalue weighted by molar-refractivity contribution is -0.146. The molecule has 2 heterocycles. The molecule has 4 atom stereocenters. The molecule has 27 heavy (non-hydrogen) atoms. The first-order valence-electron chi connectivity index (χ1n) is 10.6. The van der Waals surface area contributed by atoms with Gasteiger partial charge in [-0.25, -0.2) is 0 Å². The maximum absolute atomic E-state index is 6.37. The average molecular weight is 405 g/mol. The molecule has 0 aliphatic carbocycles. The summed E-state index contributed by atoms with van der Waals surface area (Å²) in [6, 6.07) is 0.950. The van der Waals surface area contributed by atoms with Crippen molar-refractivity contribution in [3.05, 3.63) is 0 Å². The SMILES string of the molecule is CCCOC(CC)C1(OC)C(CCCOCC2CO2)CCC[Si]1(OC)OC. The van der Waals surface area contributed by atoms with Crippen molar-refractivity contribution in [2.24, 2.45) is 5.92 Å². The van der Waals surface area contributed by atoms with Gasteiger partial charge in [0.15, 0.2) is 0 Å². The lowest BCUT2D eigenvalue weighted by Gasteiger charge is -2.55. The van der Waals surface area contributed by atoms with Gasteiger partial charge in [0.1, 0.15) is 11.3 Å². The van der Waals surface area contributed by atoms with E-state index in [0.29, 0.717) is 18.6 Å². The van der Waals surface area contributed by atoms with Crippen LogP contribution in [-0.2, 0) is 27.8 Å². The zero-order chi connectivity index (χ0) is 19.8. The van der Waals surface area contributed by atoms with E-state index in [-0.39, 0.29) is 6.10 Å². The summed E-state index contributed by atoms with van der Waals surface area (Å²) in [6.45, 7) is 7.37. The fraction of sp³-hybridized carbons (Fsp3) is 1.00. The molecule has 0 bridgehead atoms. The standard InChI is InChI=1S/C20H40O6Si/c1-6-12-25-19(7-2)20(21-3)17(10-8-13-24-15-18-16-26-18)11-9-14-27(20,22-4)23-5/h17-19H,6-16H2,1-5H3. The van der Waals surface area contributed by atoms with Gasteiger partial charge in [-0.15, -0.1) is 0 Å². The molecule has 4 unspecified atom stereocenters. The quantitative estimate of drug-likeness (QED) is 0.251. The van der Waals surface area contributed by atoms with Crippen LogP contribution in [0.4, 0.5) is 0 Å². The molecule has 0 saturated carbocycles. The van der Waals surface area contributed by atoms with Crippen molar-refractivity contribution < 1.29 is 27.8 Å². The fourth-order valence-electron chi connectivity index (χ4n) is 4.84. The topological polar surface area (TPSA) is 58.7 Å². The minimum absolute atomic E-state index is 0.0138. The van der Waals surface area contributed by atoms with E-state index in [1.807, 2.05) is 7.11 Å². The van der Waals surface area contributed by atoms with Crippen LogP contribution in [0.3, 0.4) is 0 Å². The van der Waals surface area contributed by atoms with Crippen LogP contribution in [0.2, 0.25) is 6.04 Å². The van der Waals surface area contributed by atoms with Gasteiger partial charge in [0.05, 0.1) is 19.3 Å². The second kappa shape index (κ2) is 11.2. The molecule has 2 fully saturated rings. The Bertz CT molecular complexity index is 415. The molecule has 0 radical (unpaired) electrons. The molecule has 2 rings (SSSR count). The number of hydrogen-bond acceptors (Lipinski definition) is 6. The Balaban J connectivity index is 2.15. The van der Waals surface area contributed by atoms with E-state index in [0.717, 1.165) is 64.4 Å². The van der Waals surface area contributed by atoms with E-state index in [1.54, 1.807) is 14.2 Å². The number of ether oxygens (including phenoxy) is 4. The first-order chi connectivity index (χ1) is 13.1. The lowest BCUT2D eigenvalue weighted by Crippen LogP contribution is -2.73. The minimum Gasteiger partial charge on any atom is -0.396 e. The van der Waals surface area contributed by atoms with Gasteiger partial charge in [-0.1, -0.05) is 20.3 Å². The first kappa shape index (κ1) is 23.3. The summed E-state index contributed by atoms with van der Waals surface area (Å²) >= 11 is 0. The van der Waals surface area contributed by atoms with Crippen molar-refractivity contribution in [3.63, 3.8) is 0 Å². The largest absolute Gasteiger partial charge is 0.396 e. The summed E-state index contributed by atoms with van der Waals surface area (Å²) in [7, 11) is 2.80. The maximum atomic E-state index is 6.37. The third-order valence-electron chi connectivity index (χ3n) is 6.18. The van der Waals surface area contributed by atoms with Crippen LogP contribution in [0.1, 0.15) is 52.4 Å². The van der Waals surface area contributed by atoms with Crippen molar-refractivity contribution in [2.45, 2.75) is 75.8 Å². The molecule has 2 saturated heterocycles. The van der Waals surface area contributed by atoms with E-state index in [4.69, 9.17) is 27.8 Å². The molecule has 2 aliphatic heterocycles. The number of hydrogen-bond donors (Lipinski definition) is 0. The Labute approximate surface area is 166 Å². The molecular formula is C20H40O6Si. The van der Waals surface area contributed by atoms with Crippen molar-refractivity contribution in [1.82, 2.24) is 0 Å². The van der Waals surface area contributed by atoms with E-state index in [2.05, 4.69) is 13.8 Å². The molecule has 7 heteroatoms. The normalized spacial score (nSPS) is 31.0. The Hall–Kier alpha value is -0.0231. The molecule has 0 aromatic carbocycles. The third-order valence-corrected chi connectivity index (χ3v) is 10.6. The number of epoxide rings is 1. The second-order valence-corrected chi connectivity index (χ2v) is 11.3. The molecule has 0 aromatic rings. The van der Waals surface area contributed by atoms with Crippen LogP contribution in [0.15, 0.2) is 0 Å². The monoisotopic (exact) mass is 404 g/mol. The second-order valence-electron chi connectivity index (χ2n) is 7.69. The van der Waals surface area contributed by atoms with Crippen LogP contribution in [-0.4, -0.2) is 73.8 Å². The highest BCUT2D eigenvalue weighted by Crippen LogP contribution is 2.49. The van der Waals surface area contributed by atoms with E-state index < -0.39 is 13.8 Å². The molecule has 160 valence electrons. The van der Waals surface area contributed by atoms with Gasteiger partial charge in [-0.05, 0) is 44.1 Å². The Morgan fingerprint density at radius 1 is 1.15 bits per heavy atom. The maximum Gasteiger partial charge on any atom is 0.373 e. The first-order valence-corrected chi connectivity index (χ1v) is 12.6. The lowest BCUT2D eigenvalue weighted by atomic mass is 9.86. The summed E-state index contributed by atoms with van der Waals surface area (Å²) in [6.07, 6.45) is 6.47. The van der Waals surface area contributed by atoms with Gasteiger partial charge in [0.2, 0.25) is 0 Å². The zero-order valence-electron chi connectivity index (χ0n) is 18.0. The highest BCUT2D eigenvalue weighted by molar-refractivity contribution is 6.71. The molecule has 0 aromatic heterocycles. The van der Waals surface area contributed by atoms with Crippen LogP contribution >= 0.6 is 0 Å². The average Bonchev–Trinajstić information content (AvgIpc) is 3.53. The number of rotatable bonds is 14. The fourth-order valence-corrected chi connectivity index (χ4v) is 9.12. The van der Waals surface area contributed by atoms with E-state index >= 15 is 0 Å². The van der Waals surface area contributed by atoms with Gasteiger partial charge in [0.25, 0.3) is 0 Å². The van der Waals surface area contributed by atoms with Gasteiger partial charge in [0, 0.05) is 34.5 Å². The molecule has 0 spiro atoms. The molecule has 2 aliphatic rings. The van der Waals surface area contributed by atoms with E-state index in [9.17, 15) is 0 Å². The predicted octanol–water partition coefficient (Wildman–Crippen LogP) is 3.46. The summed E-state index contributed by atoms with van der Waals surface area (Å²) in [4.78, 5) is 0. The minimum atomic E-state index is -2.59.